The van der Waals surface area contributed by atoms with Gasteiger partial charge in [0.2, 0.25) is 0 Å². The second-order valence-electron chi connectivity index (χ2n) is 6.88. The highest BCUT2D eigenvalue weighted by atomic mass is 19.1. The Balaban J connectivity index is 1.86. The summed E-state index contributed by atoms with van der Waals surface area (Å²) in [6.45, 7) is 5.69. The molecule has 0 unspecified atom stereocenters. The fraction of sp³-hybridized carbons (Fsp3) is 0.368. The highest BCUT2D eigenvalue weighted by molar-refractivity contribution is 5.93. The van der Waals surface area contributed by atoms with Crippen LogP contribution in [0.5, 0.6) is 0 Å². The van der Waals surface area contributed by atoms with Crippen LogP contribution in [0.1, 0.15) is 42.4 Å². The second-order valence-corrected chi connectivity index (χ2v) is 6.88. The lowest BCUT2D eigenvalue weighted by Crippen LogP contribution is -2.33. The molecule has 8 heteroatoms. The lowest BCUT2D eigenvalue weighted by Gasteiger charge is -2.19. The summed E-state index contributed by atoms with van der Waals surface area (Å²) < 4.78 is 18.7. The highest BCUT2D eigenvalue weighted by Gasteiger charge is 2.15. The molecule has 2 aromatic rings. The maximum absolute atomic E-state index is 13.5. The minimum atomic E-state index is -0.559. The predicted molar refractivity (Wildman–Crippen MR) is 97.5 cm³/mol. The molecule has 0 spiro atoms. The molecule has 2 aromatic heterocycles. The van der Waals surface area contributed by atoms with Crippen LogP contribution in [-0.4, -0.2) is 34.1 Å². The maximum Gasteiger partial charge on any atom is 0.407 e. The predicted octanol–water partition coefficient (Wildman–Crippen LogP) is 2.61. The topological polar surface area (TPSA) is 93.2 Å². The number of nitrogens with zero attached hydrogens (tertiary/aromatic N) is 2. The van der Waals surface area contributed by atoms with Crippen molar-refractivity contribution in [2.75, 3.05) is 6.54 Å². The molecule has 0 aromatic carbocycles. The van der Waals surface area contributed by atoms with Crippen LogP contribution in [0.4, 0.5) is 9.18 Å². The highest BCUT2D eigenvalue weighted by Crippen LogP contribution is 2.08. The molecule has 27 heavy (non-hydrogen) atoms. The number of hydrogen-bond donors (Lipinski definition) is 2. The molecule has 2 amide bonds. The lowest BCUT2D eigenvalue weighted by molar-refractivity contribution is 0.0528. The lowest BCUT2D eigenvalue weighted by atomic mass is 10.1. The van der Waals surface area contributed by atoms with Crippen LogP contribution >= 0.6 is 0 Å². The molecule has 0 saturated heterocycles. The van der Waals surface area contributed by atoms with Gasteiger partial charge in [0, 0.05) is 25.1 Å². The van der Waals surface area contributed by atoms with Gasteiger partial charge in [-0.3, -0.25) is 14.8 Å². The van der Waals surface area contributed by atoms with Crippen molar-refractivity contribution in [1.82, 2.24) is 20.6 Å². The maximum atomic E-state index is 13.5. The van der Waals surface area contributed by atoms with Gasteiger partial charge in [-0.15, -0.1) is 0 Å². The molecular formula is C19H23FN4O3. The van der Waals surface area contributed by atoms with Gasteiger partial charge in [-0.1, -0.05) is 0 Å². The van der Waals surface area contributed by atoms with Crippen molar-refractivity contribution in [2.24, 2.45) is 0 Å². The first-order valence-corrected chi connectivity index (χ1v) is 8.53. The molecule has 0 atom stereocenters. The first-order chi connectivity index (χ1) is 12.7. The van der Waals surface area contributed by atoms with E-state index in [1.807, 2.05) is 0 Å². The first kappa shape index (κ1) is 20.3. The van der Waals surface area contributed by atoms with Crippen molar-refractivity contribution in [3.63, 3.8) is 0 Å². The second kappa shape index (κ2) is 9.07. The molecule has 2 rings (SSSR count). The first-order valence-electron chi connectivity index (χ1n) is 8.53. The molecule has 0 fully saturated rings. The van der Waals surface area contributed by atoms with E-state index in [4.69, 9.17) is 4.74 Å². The van der Waals surface area contributed by atoms with E-state index in [0.717, 1.165) is 5.56 Å². The summed E-state index contributed by atoms with van der Waals surface area (Å²) in [5.74, 6) is -0.854. The van der Waals surface area contributed by atoms with Crippen molar-refractivity contribution < 1.29 is 18.7 Å². The average molecular weight is 374 g/mol. The van der Waals surface area contributed by atoms with Gasteiger partial charge in [0.15, 0.2) is 0 Å². The minimum Gasteiger partial charge on any atom is -0.444 e. The Morgan fingerprint density at radius 3 is 2.70 bits per heavy atom. The van der Waals surface area contributed by atoms with E-state index in [9.17, 15) is 14.0 Å². The normalized spacial score (nSPS) is 11.0. The molecule has 0 radical (unpaired) electrons. The number of carbonyl (C=O) groups is 2. The van der Waals surface area contributed by atoms with Gasteiger partial charge in [-0.2, -0.15) is 0 Å². The van der Waals surface area contributed by atoms with Crippen molar-refractivity contribution in [3.8, 4) is 0 Å². The third-order valence-corrected chi connectivity index (χ3v) is 3.39. The van der Waals surface area contributed by atoms with E-state index in [2.05, 4.69) is 20.6 Å². The summed E-state index contributed by atoms with van der Waals surface area (Å²) in [4.78, 5) is 31.8. The third-order valence-electron chi connectivity index (χ3n) is 3.39. The van der Waals surface area contributed by atoms with E-state index in [0.29, 0.717) is 18.5 Å². The summed E-state index contributed by atoms with van der Waals surface area (Å²) in [5, 5.41) is 5.26. The largest absolute Gasteiger partial charge is 0.444 e. The number of pyridine rings is 2. The number of ether oxygens (including phenoxy) is 1. The molecule has 2 heterocycles. The van der Waals surface area contributed by atoms with Crippen LogP contribution in [0, 0.1) is 5.82 Å². The molecule has 0 saturated carbocycles. The van der Waals surface area contributed by atoms with Crippen molar-refractivity contribution >= 4 is 12.0 Å². The Morgan fingerprint density at radius 1 is 1.22 bits per heavy atom. The zero-order valence-corrected chi connectivity index (χ0v) is 15.6. The summed E-state index contributed by atoms with van der Waals surface area (Å²) in [7, 11) is 0. The number of nitrogens with one attached hydrogen (secondary N) is 2. The number of aromatic nitrogens is 2. The van der Waals surface area contributed by atoms with E-state index in [1.54, 1.807) is 33.0 Å². The number of amides is 2. The van der Waals surface area contributed by atoms with Crippen LogP contribution in [0.2, 0.25) is 0 Å². The Kier molecular flexibility index (Phi) is 6.81. The third kappa shape index (κ3) is 7.01. The van der Waals surface area contributed by atoms with Crippen LogP contribution in [-0.2, 0) is 17.7 Å². The number of carbonyl (C=O) groups excluding carboxylic acids is 2. The molecule has 0 bridgehead atoms. The summed E-state index contributed by atoms with van der Waals surface area (Å²) in [5.41, 5.74) is 0.733. The molecule has 0 aliphatic carbocycles. The van der Waals surface area contributed by atoms with E-state index in [-0.39, 0.29) is 18.1 Å². The summed E-state index contributed by atoms with van der Waals surface area (Å²) in [6, 6.07) is 4.45. The van der Waals surface area contributed by atoms with Crippen LogP contribution < -0.4 is 10.6 Å². The monoisotopic (exact) mass is 374 g/mol. The Bertz CT molecular complexity index is 806. The smallest absolute Gasteiger partial charge is 0.407 e. The zero-order valence-electron chi connectivity index (χ0n) is 15.6. The molecule has 0 aliphatic heterocycles. The summed E-state index contributed by atoms with van der Waals surface area (Å²) >= 11 is 0. The number of alkyl carbamates (subject to hydrolysis) is 1. The minimum absolute atomic E-state index is 0.0179. The molecule has 2 N–H and O–H groups in total. The Hall–Kier alpha value is -3.03. The van der Waals surface area contributed by atoms with Crippen molar-refractivity contribution in [3.05, 3.63) is 59.4 Å². The van der Waals surface area contributed by atoms with Crippen molar-refractivity contribution in [2.45, 2.75) is 39.3 Å². The van der Waals surface area contributed by atoms with Gasteiger partial charge in [0.05, 0.1) is 17.8 Å². The summed E-state index contributed by atoms with van der Waals surface area (Å²) in [6.07, 6.45) is 4.50. The van der Waals surface area contributed by atoms with Crippen LogP contribution in [0.15, 0.2) is 36.8 Å². The Labute approximate surface area is 157 Å². The fourth-order valence-electron chi connectivity index (χ4n) is 2.19. The SMILES string of the molecule is CC(C)(C)OC(=O)NCCc1cncc(C(=O)NCc2ncccc2F)c1. The van der Waals surface area contributed by atoms with E-state index in [1.165, 1.54) is 24.5 Å². The standard InChI is InChI=1S/C19H23FN4O3/c1-19(2,3)27-18(26)23-8-6-13-9-14(11-21-10-13)17(25)24-12-16-15(20)5-4-7-22-16/h4-5,7,9-11H,6,8,12H2,1-3H3,(H,23,26)(H,24,25). The van der Waals surface area contributed by atoms with Gasteiger partial charge in [0.25, 0.3) is 5.91 Å². The number of halogens is 1. The number of hydrogen-bond acceptors (Lipinski definition) is 5. The molecular weight excluding hydrogens is 351 g/mol. The van der Waals surface area contributed by atoms with Gasteiger partial charge < -0.3 is 15.4 Å². The van der Waals surface area contributed by atoms with E-state index < -0.39 is 17.5 Å². The van der Waals surface area contributed by atoms with Gasteiger partial charge in [-0.05, 0) is 51.0 Å². The number of rotatable bonds is 6. The molecule has 7 nitrogen and oxygen atoms in total. The van der Waals surface area contributed by atoms with Gasteiger partial charge in [0.1, 0.15) is 11.4 Å². The average Bonchev–Trinajstić information content (AvgIpc) is 2.59. The van der Waals surface area contributed by atoms with Gasteiger partial charge in [-0.25, -0.2) is 9.18 Å². The molecule has 144 valence electrons. The van der Waals surface area contributed by atoms with Crippen LogP contribution in [0.25, 0.3) is 0 Å². The van der Waals surface area contributed by atoms with Crippen molar-refractivity contribution in [1.29, 1.82) is 0 Å². The van der Waals surface area contributed by atoms with E-state index >= 15 is 0 Å². The quantitative estimate of drug-likeness (QED) is 0.811. The van der Waals surface area contributed by atoms with Gasteiger partial charge >= 0.3 is 6.09 Å². The zero-order chi connectivity index (χ0) is 19.9. The Morgan fingerprint density at radius 2 is 2.00 bits per heavy atom. The molecule has 0 aliphatic rings. The fourth-order valence-corrected chi connectivity index (χ4v) is 2.19. The van der Waals surface area contributed by atoms with Crippen LogP contribution in [0.3, 0.4) is 0 Å².